The Labute approximate surface area is 173 Å². The van der Waals surface area contributed by atoms with E-state index in [1.54, 1.807) is 0 Å². The standard InChI is InChI=1S/C20H19N4.Y/c1-3-7-17-10-11-18(12-15(17)2)23-20-22-14-21-19(24-20)13-16-8-5-4-6-9-16;/h3-12H,13H2,1-2H3,(H,21,22,23,24);/q-1;/b7-3+;. The average Bonchev–Trinajstić information content (AvgIpc) is 2.59. The van der Waals surface area contributed by atoms with Crippen LogP contribution in [-0.4, -0.2) is 15.0 Å². The summed E-state index contributed by atoms with van der Waals surface area (Å²) in [5.41, 5.74) is 4.51. The van der Waals surface area contributed by atoms with Crippen LogP contribution in [0.5, 0.6) is 0 Å². The summed E-state index contributed by atoms with van der Waals surface area (Å²) in [4.78, 5) is 12.7. The molecule has 25 heavy (non-hydrogen) atoms. The van der Waals surface area contributed by atoms with Gasteiger partial charge in [-0.1, -0.05) is 54.1 Å². The van der Waals surface area contributed by atoms with E-state index >= 15 is 0 Å². The molecule has 0 aliphatic carbocycles. The van der Waals surface area contributed by atoms with E-state index in [-0.39, 0.29) is 32.7 Å². The Bertz CT molecular complexity index is 847. The third-order valence-corrected chi connectivity index (χ3v) is 3.65. The Balaban J connectivity index is 0.00000225. The van der Waals surface area contributed by atoms with Gasteiger partial charge in [0.2, 0.25) is 0 Å². The summed E-state index contributed by atoms with van der Waals surface area (Å²) in [6.45, 7) is 4.10. The average molecular weight is 404 g/mol. The van der Waals surface area contributed by atoms with Crippen molar-refractivity contribution < 1.29 is 32.7 Å². The molecule has 5 heteroatoms. The minimum absolute atomic E-state index is 0. The van der Waals surface area contributed by atoms with E-state index < -0.39 is 0 Å². The second-order valence-electron chi connectivity index (χ2n) is 5.53. The van der Waals surface area contributed by atoms with Gasteiger partial charge in [-0.05, 0) is 43.5 Å². The second-order valence-corrected chi connectivity index (χ2v) is 5.53. The van der Waals surface area contributed by atoms with Crippen molar-refractivity contribution >= 4 is 17.7 Å². The van der Waals surface area contributed by atoms with E-state index in [4.69, 9.17) is 0 Å². The van der Waals surface area contributed by atoms with Crippen molar-refractivity contribution in [3.05, 3.63) is 83.4 Å². The molecule has 0 fully saturated rings. The number of nitrogens with zero attached hydrogens (tertiary/aromatic N) is 3. The van der Waals surface area contributed by atoms with Gasteiger partial charge in [-0.3, -0.25) is 0 Å². The summed E-state index contributed by atoms with van der Waals surface area (Å²) in [7, 11) is 0. The van der Waals surface area contributed by atoms with E-state index in [0.717, 1.165) is 11.3 Å². The minimum atomic E-state index is 0. The van der Waals surface area contributed by atoms with Gasteiger partial charge in [-0.2, -0.15) is 0 Å². The molecule has 0 unspecified atom stereocenters. The molecule has 0 saturated carbocycles. The smallest absolute Gasteiger partial charge is 0.113 e. The van der Waals surface area contributed by atoms with Crippen LogP contribution in [0.4, 0.5) is 11.6 Å². The van der Waals surface area contributed by atoms with Crippen LogP contribution in [0.1, 0.15) is 29.4 Å². The number of aromatic nitrogens is 3. The zero-order valence-electron chi connectivity index (χ0n) is 14.4. The molecule has 1 N–H and O–H groups in total. The quantitative estimate of drug-likeness (QED) is 0.643. The number of aryl methyl sites for hydroxylation is 1. The number of hydrogen-bond donors (Lipinski definition) is 1. The summed E-state index contributed by atoms with van der Waals surface area (Å²) < 4.78 is 0. The van der Waals surface area contributed by atoms with E-state index in [1.165, 1.54) is 11.1 Å². The van der Waals surface area contributed by atoms with Crippen molar-refractivity contribution in [2.45, 2.75) is 20.3 Å². The van der Waals surface area contributed by atoms with Crippen LogP contribution < -0.4 is 5.32 Å². The van der Waals surface area contributed by atoms with Crippen molar-refractivity contribution in [2.75, 3.05) is 5.32 Å². The van der Waals surface area contributed by atoms with Gasteiger partial charge in [0.15, 0.2) is 0 Å². The van der Waals surface area contributed by atoms with Gasteiger partial charge >= 0.3 is 0 Å². The molecule has 0 saturated heterocycles. The molecule has 3 rings (SSSR count). The predicted molar refractivity (Wildman–Crippen MR) is 97.1 cm³/mol. The molecular weight excluding hydrogens is 385 g/mol. The fraction of sp³-hybridized carbons (Fsp3) is 0.150. The van der Waals surface area contributed by atoms with Gasteiger partial charge in [-0.25, -0.2) is 0 Å². The van der Waals surface area contributed by atoms with Crippen LogP contribution in [0.3, 0.4) is 0 Å². The fourth-order valence-electron chi connectivity index (χ4n) is 2.46. The van der Waals surface area contributed by atoms with Gasteiger partial charge in [-0.15, -0.1) is 0 Å². The van der Waals surface area contributed by atoms with Crippen LogP contribution in [0.25, 0.3) is 6.08 Å². The van der Waals surface area contributed by atoms with Crippen LogP contribution in [0.2, 0.25) is 0 Å². The molecular formula is C20H19N4Y-. The van der Waals surface area contributed by atoms with Crippen LogP contribution in [-0.2, 0) is 39.1 Å². The molecule has 0 aliphatic rings. The van der Waals surface area contributed by atoms with Gasteiger partial charge in [0.1, 0.15) is 5.95 Å². The van der Waals surface area contributed by atoms with Crippen molar-refractivity contribution in [2.24, 2.45) is 0 Å². The van der Waals surface area contributed by atoms with E-state index in [9.17, 15) is 0 Å². The SMILES string of the molecule is C/C=C/c1ccc(Nc2n[c-]nc(Cc3ccccc3)n2)cc1C.[Y]. The number of allylic oxidation sites excluding steroid dienone is 1. The monoisotopic (exact) mass is 404 g/mol. The first kappa shape index (κ1) is 19.4. The molecule has 0 aliphatic heterocycles. The Morgan fingerprint density at radius 2 is 1.88 bits per heavy atom. The van der Waals surface area contributed by atoms with Crippen molar-refractivity contribution in [3.8, 4) is 0 Å². The molecule has 0 bridgehead atoms. The predicted octanol–water partition coefficient (Wildman–Crippen LogP) is 4.35. The zero-order valence-corrected chi connectivity index (χ0v) is 17.2. The van der Waals surface area contributed by atoms with E-state index in [1.807, 2.05) is 37.3 Å². The Kier molecular flexibility index (Phi) is 7.41. The first-order valence-electron chi connectivity index (χ1n) is 7.90. The van der Waals surface area contributed by atoms with Crippen molar-refractivity contribution in [3.63, 3.8) is 0 Å². The van der Waals surface area contributed by atoms with Gasteiger partial charge in [0, 0.05) is 50.5 Å². The van der Waals surface area contributed by atoms with Crippen molar-refractivity contribution in [1.82, 2.24) is 15.0 Å². The largest absolute Gasteiger partial charge is 0.378 e. The molecule has 1 heterocycles. The maximum absolute atomic E-state index is 4.47. The number of hydrogen-bond acceptors (Lipinski definition) is 4. The Hall–Kier alpha value is -1.91. The molecule has 4 nitrogen and oxygen atoms in total. The first-order valence-corrected chi connectivity index (χ1v) is 7.90. The van der Waals surface area contributed by atoms with Gasteiger partial charge in [0.05, 0.1) is 0 Å². The number of benzene rings is 2. The molecule has 0 spiro atoms. The summed E-state index contributed by atoms with van der Waals surface area (Å²) in [6.07, 6.45) is 7.47. The number of nitrogens with one attached hydrogen (secondary N) is 1. The molecule has 1 aromatic heterocycles. The molecule has 2 aromatic carbocycles. The third kappa shape index (κ3) is 5.55. The molecule has 1 radical (unpaired) electrons. The van der Waals surface area contributed by atoms with Crippen LogP contribution in [0, 0.1) is 13.3 Å². The summed E-state index contributed by atoms with van der Waals surface area (Å²) >= 11 is 0. The molecule has 3 aromatic rings. The summed E-state index contributed by atoms with van der Waals surface area (Å²) in [5, 5.41) is 3.22. The molecule has 0 atom stereocenters. The summed E-state index contributed by atoms with van der Waals surface area (Å²) in [5.74, 6) is 1.20. The number of anilines is 2. The molecule has 0 amide bonds. The van der Waals surface area contributed by atoms with Gasteiger partial charge in [0.25, 0.3) is 0 Å². The fourth-order valence-corrected chi connectivity index (χ4v) is 2.46. The normalized spacial score (nSPS) is 10.5. The Morgan fingerprint density at radius 3 is 2.60 bits per heavy atom. The maximum Gasteiger partial charge on any atom is 0.113 e. The number of rotatable bonds is 5. The zero-order chi connectivity index (χ0) is 16.8. The topological polar surface area (TPSA) is 50.7 Å². The minimum Gasteiger partial charge on any atom is -0.378 e. The molecule has 123 valence electrons. The van der Waals surface area contributed by atoms with Crippen LogP contribution in [0.15, 0.2) is 54.6 Å². The third-order valence-electron chi connectivity index (χ3n) is 3.65. The summed E-state index contributed by atoms with van der Waals surface area (Å²) in [6, 6.07) is 16.3. The van der Waals surface area contributed by atoms with E-state index in [2.05, 4.69) is 63.9 Å². The Morgan fingerprint density at radius 1 is 1.08 bits per heavy atom. The first-order chi connectivity index (χ1) is 11.7. The van der Waals surface area contributed by atoms with Crippen molar-refractivity contribution in [1.29, 1.82) is 0 Å². The van der Waals surface area contributed by atoms with Crippen LogP contribution >= 0.6 is 0 Å². The van der Waals surface area contributed by atoms with E-state index in [0.29, 0.717) is 18.2 Å². The maximum atomic E-state index is 4.47. The van der Waals surface area contributed by atoms with Gasteiger partial charge < -0.3 is 20.3 Å². The second kappa shape index (κ2) is 9.54.